The zero-order chi connectivity index (χ0) is 19.9. The molecular weight excluding hydrogens is 409 g/mol. The molecule has 0 saturated carbocycles. The van der Waals surface area contributed by atoms with Gasteiger partial charge in [-0.05, 0) is 34.8 Å². The first-order chi connectivity index (χ1) is 12.3. The van der Waals surface area contributed by atoms with Gasteiger partial charge in [-0.15, -0.1) is 0 Å². The molecule has 0 saturated heterocycles. The van der Waals surface area contributed by atoms with Crippen LogP contribution in [-0.2, 0) is 9.53 Å². The molecule has 1 unspecified atom stereocenters. The summed E-state index contributed by atoms with van der Waals surface area (Å²) < 4.78 is 24.6. The summed E-state index contributed by atoms with van der Waals surface area (Å²) in [6, 6.07) is 1.83. The molecule has 1 rings (SSSR count). The van der Waals surface area contributed by atoms with E-state index in [9.17, 15) is 19.1 Å². The van der Waals surface area contributed by atoms with Crippen molar-refractivity contribution >= 4 is 33.9 Å². The Balaban J connectivity index is 3.26. The van der Waals surface area contributed by atoms with Crippen LogP contribution < -0.4 is 4.74 Å². The Morgan fingerprint density at radius 3 is 2.54 bits per heavy atom. The number of benzene rings is 1. The number of ketones is 1. The molecule has 0 aliphatic rings. The fourth-order valence-electron chi connectivity index (χ4n) is 2.14. The molecule has 0 radical (unpaired) electrons. The lowest BCUT2D eigenvalue weighted by Gasteiger charge is -2.16. The van der Waals surface area contributed by atoms with E-state index >= 15 is 0 Å². The largest absolute Gasteiger partial charge is 0.495 e. The second-order valence-electron chi connectivity index (χ2n) is 5.85. The third-order valence-electron chi connectivity index (χ3n) is 3.71. The van der Waals surface area contributed by atoms with Gasteiger partial charge >= 0.3 is 5.97 Å². The van der Waals surface area contributed by atoms with Crippen molar-refractivity contribution in [3.05, 3.63) is 28.0 Å². The van der Waals surface area contributed by atoms with Crippen LogP contribution in [0.4, 0.5) is 4.39 Å². The van der Waals surface area contributed by atoms with Crippen molar-refractivity contribution < 1.29 is 28.6 Å². The highest BCUT2D eigenvalue weighted by Gasteiger charge is 2.30. The summed E-state index contributed by atoms with van der Waals surface area (Å²) in [4.78, 5) is 29.1. The number of carbonyl (C=O) groups excluding carboxylic acids is 2. The van der Waals surface area contributed by atoms with E-state index in [1.54, 1.807) is 6.92 Å². The van der Waals surface area contributed by atoms with E-state index < -0.39 is 29.5 Å². The van der Waals surface area contributed by atoms with E-state index in [0.29, 0.717) is 4.47 Å². The van der Waals surface area contributed by atoms with Gasteiger partial charge in [-0.2, -0.15) is 0 Å². The van der Waals surface area contributed by atoms with E-state index in [0.717, 1.165) is 12.3 Å². The third-order valence-corrected chi connectivity index (χ3v) is 4.33. The second kappa shape index (κ2) is 10.4. The molecule has 26 heavy (non-hydrogen) atoms. The monoisotopic (exact) mass is 431 g/mol. The minimum absolute atomic E-state index is 0.000986. The maximum absolute atomic E-state index is 14.3. The highest BCUT2D eigenvalue weighted by molar-refractivity contribution is 9.10. The Bertz CT molecular complexity index is 678. The molecular formula is C18H23BrFNO5. The molecule has 0 heterocycles. The van der Waals surface area contributed by atoms with Crippen LogP contribution in [-0.4, -0.2) is 49.4 Å². The van der Waals surface area contributed by atoms with Crippen LogP contribution in [0.3, 0.4) is 0 Å². The van der Waals surface area contributed by atoms with Gasteiger partial charge in [0.2, 0.25) is 0 Å². The van der Waals surface area contributed by atoms with E-state index in [1.165, 1.54) is 13.2 Å². The van der Waals surface area contributed by atoms with Gasteiger partial charge in [0.25, 0.3) is 0 Å². The Morgan fingerprint density at radius 1 is 1.38 bits per heavy atom. The van der Waals surface area contributed by atoms with Gasteiger partial charge in [-0.1, -0.05) is 13.8 Å². The van der Waals surface area contributed by atoms with Gasteiger partial charge < -0.3 is 14.6 Å². The molecule has 144 valence electrons. The van der Waals surface area contributed by atoms with Gasteiger partial charge in [0.15, 0.2) is 11.7 Å². The summed E-state index contributed by atoms with van der Waals surface area (Å²) >= 11 is 3.19. The number of methoxy groups -OCH3 is 1. The minimum atomic E-state index is -1.41. The predicted molar refractivity (Wildman–Crippen MR) is 99.3 cm³/mol. The second-order valence-corrected chi connectivity index (χ2v) is 6.71. The SMILES string of the molecule is CCOC(=O)C(C=N[C@H](CO)C(C)C)C(=O)c1cc(Br)c(OC)cc1F. The summed E-state index contributed by atoms with van der Waals surface area (Å²) in [5.74, 6) is -3.61. The number of rotatable bonds is 9. The van der Waals surface area contributed by atoms with Gasteiger partial charge in [0, 0.05) is 12.3 Å². The van der Waals surface area contributed by atoms with Crippen LogP contribution in [0, 0.1) is 17.7 Å². The standard InChI is InChI=1S/C18H23BrFNO5/c1-5-26-18(24)12(8-21-15(9-22)10(2)3)17(23)11-6-13(19)16(25-4)7-14(11)20/h6-8,10,12,15,22H,5,9H2,1-4H3/t12?,15-/m1/s1. The summed E-state index contributed by atoms with van der Waals surface area (Å²) in [6.45, 7) is 5.13. The van der Waals surface area contributed by atoms with Crippen molar-refractivity contribution in [3.8, 4) is 5.75 Å². The molecule has 0 aromatic heterocycles. The molecule has 1 aromatic rings. The quantitative estimate of drug-likeness (QED) is 0.281. The number of ether oxygens (including phenoxy) is 2. The number of nitrogens with zero attached hydrogens (tertiary/aromatic N) is 1. The van der Waals surface area contributed by atoms with Crippen molar-refractivity contribution in [1.82, 2.24) is 0 Å². The first-order valence-electron chi connectivity index (χ1n) is 8.14. The van der Waals surface area contributed by atoms with E-state index in [-0.39, 0.29) is 30.4 Å². The van der Waals surface area contributed by atoms with Crippen LogP contribution in [0.5, 0.6) is 5.75 Å². The van der Waals surface area contributed by atoms with Crippen LogP contribution in [0.15, 0.2) is 21.6 Å². The number of Topliss-reactive ketones (excluding diaryl/α,β-unsaturated/α-hetero) is 1. The number of aliphatic hydroxyl groups is 1. The number of aliphatic hydroxyl groups excluding tert-OH is 1. The lowest BCUT2D eigenvalue weighted by molar-refractivity contribution is -0.144. The fraction of sp³-hybridized carbons (Fsp3) is 0.500. The summed E-state index contributed by atoms with van der Waals surface area (Å²) in [5.41, 5.74) is -0.285. The molecule has 0 bridgehead atoms. The number of aliphatic imine (C=N–C) groups is 1. The summed E-state index contributed by atoms with van der Waals surface area (Å²) in [6.07, 6.45) is 1.12. The number of halogens is 2. The van der Waals surface area contributed by atoms with Crippen LogP contribution in [0.1, 0.15) is 31.1 Å². The predicted octanol–water partition coefficient (Wildman–Crippen LogP) is 3.05. The molecule has 0 aliphatic carbocycles. The number of carbonyl (C=O) groups is 2. The van der Waals surface area contributed by atoms with Crippen molar-refractivity contribution in [2.24, 2.45) is 16.8 Å². The first kappa shape index (κ1) is 22.2. The average Bonchev–Trinajstić information content (AvgIpc) is 2.59. The van der Waals surface area contributed by atoms with Crippen molar-refractivity contribution in [3.63, 3.8) is 0 Å². The molecule has 0 fully saturated rings. The Kier molecular flexibility index (Phi) is 8.87. The van der Waals surface area contributed by atoms with E-state index in [2.05, 4.69) is 20.9 Å². The first-order valence-corrected chi connectivity index (χ1v) is 8.94. The lowest BCUT2D eigenvalue weighted by atomic mass is 9.97. The molecule has 0 spiro atoms. The van der Waals surface area contributed by atoms with Crippen molar-refractivity contribution in [1.29, 1.82) is 0 Å². The molecule has 6 nitrogen and oxygen atoms in total. The highest BCUT2D eigenvalue weighted by atomic mass is 79.9. The van der Waals surface area contributed by atoms with Gasteiger partial charge in [-0.3, -0.25) is 14.6 Å². The topological polar surface area (TPSA) is 85.2 Å². The fourth-order valence-corrected chi connectivity index (χ4v) is 2.64. The number of esters is 1. The number of hydrogen-bond donors (Lipinski definition) is 1. The molecule has 1 N–H and O–H groups in total. The smallest absolute Gasteiger partial charge is 0.322 e. The summed E-state index contributed by atoms with van der Waals surface area (Å²) in [5, 5.41) is 9.35. The van der Waals surface area contributed by atoms with Crippen LogP contribution in [0.2, 0.25) is 0 Å². The van der Waals surface area contributed by atoms with Crippen molar-refractivity contribution in [2.45, 2.75) is 26.8 Å². The van der Waals surface area contributed by atoms with Crippen LogP contribution >= 0.6 is 15.9 Å². The van der Waals surface area contributed by atoms with Crippen LogP contribution in [0.25, 0.3) is 0 Å². The van der Waals surface area contributed by atoms with E-state index in [1.807, 2.05) is 13.8 Å². The molecule has 8 heteroatoms. The van der Waals surface area contributed by atoms with Gasteiger partial charge in [-0.25, -0.2) is 4.39 Å². The number of hydrogen-bond acceptors (Lipinski definition) is 6. The Morgan fingerprint density at radius 2 is 2.04 bits per heavy atom. The third kappa shape index (κ3) is 5.60. The maximum atomic E-state index is 14.3. The molecule has 0 aliphatic heterocycles. The van der Waals surface area contributed by atoms with Gasteiger partial charge in [0.1, 0.15) is 11.6 Å². The van der Waals surface area contributed by atoms with Crippen molar-refractivity contribution in [2.75, 3.05) is 20.3 Å². The average molecular weight is 432 g/mol. The summed E-state index contributed by atoms with van der Waals surface area (Å²) in [7, 11) is 1.37. The van der Waals surface area contributed by atoms with Gasteiger partial charge in [0.05, 0.1) is 36.4 Å². The molecule has 0 amide bonds. The minimum Gasteiger partial charge on any atom is -0.495 e. The normalized spacial score (nSPS) is 13.7. The molecule has 2 atom stereocenters. The highest BCUT2D eigenvalue weighted by Crippen LogP contribution is 2.29. The Labute approximate surface area is 160 Å². The Hall–Kier alpha value is -1.80. The lowest BCUT2D eigenvalue weighted by Crippen LogP contribution is -2.30. The molecule has 1 aromatic carbocycles. The zero-order valence-corrected chi connectivity index (χ0v) is 16.7. The van der Waals surface area contributed by atoms with E-state index in [4.69, 9.17) is 9.47 Å². The zero-order valence-electron chi connectivity index (χ0n) is 15.2. The maximum Gasteiger partial charge on any atom is 0.322 e.